The molecule has 0 aliphatic carbocycles. The molecule has 2 aromatic rings. The van der Waals surface area contributed by atoms with Gasteiger partial charge in [-0.1, -0.05) is 12.1 Å². The van der Waals surface area contributed by atoms with E-state index < -0.39 is 12.0 Å². The molecule has 7 nitrogen and oxygen atoms in total. The van der Waals surface area contributed by atoms with Crippen LogP contribution in [0.15, 0.2) is 36.4 Å². The number of methoxy groups -OCH3 is 2. The van der Waals surface area contributed by atoms with E-state index in [4.69, 9.17) is 9.47 Å². The third kappa shape index (κ3) is 3.91. The number of rotatable bonds is 6. The maximum atomic E-state index is 11.8. The summed E-state index contributed by atoms with van der Waals surface area (Å²) in [5.41, 5.74) is 1.56. The summed E-state index contributed by atoms with van der Waals surface area (Å²) in [6, 6.07) is 9.30. The second kappa shape index (κ2) is 7.98. The van der Waals surface area contributed by atoms with Crippen LogP contribution in [-0.4, -0.2) is 52.2 Å². The summed E-state index contributed by atoms with van der Waals surface area (Å²) in [6.45, 7) is 0.351. The summed E-state index contributed by atoms with van der Waals surface area (Å²) >= 11 is 1.48. The molecular formula is C19H21NO6S. The summed E-state index contributed by atoms with van der Waals surface area (Å²) in [4.78, 5) is 13.6. The fraction of sp³-hybridized carbons (Fsp3) is 0.316. The van der Waals surface area contributed by atoms with Gasteiger partial charge in [0.05, 0.1) is 19.6 Å². The number of aliphatic carboxylic acids is 1. The molecular weight excluding hydrogens is 370 g/mol. The molecule has 1 aliphatic heterocycles. The Labute approximate surface area is 161 Å². The average Bonchev–Trinajstić information content (AvgIpc) is 3.08. The Morgan fingerprint density at radius 1 is 1.15 bits per heavy atom. The predicted octanol–water partition coefficient (Wildman–Crippen LogP) is 2.82. The van der Waals surface area contributed by atoms with Crippen LogP contribution >= 0.6 is 11.8 Å². The lowest BCUT2D eigenvalue weighted by Gasteiger charge is -2.28. The fourth-order valence-electron chi connectivity index (χ4n) is 3.10. The molecule has 2 unspecified atom stereocenters. The third-order valence-corrected chi connectivity index (χ3v) is 5.90. The molecule has 0 aromatic heterocycles. The van der Waals surface area contributed by atoms with Gasteiger partial charge in [0, 0.05) is 23.9 Å². The van der Waals surface area contributed by atoms with Crippen molar-refractivity contribution in [3.05, 3.63) is 47.5 Å². The van der Waals surface area contributed by atoms with Gasteiger partial charge in [0.1, 0.15) is 17.5 Å². The van der Waals surface area contributed by atoms with Gasteiger partial charge in [0.15, 0.2) is 11.5 Å². The summed E-state index contributed by atoms with van der Waals surface area (Å²) in [6.07, 6.45) is 0. The van der Waals surface area contributed by atoms with Gasteiger partial charge < -0.3 is 24.8 Å². The molecule has 27 heavy (non-hydrogen) atoms. The monoisotopic (exact) mass is 391 g/mol. The Morgan fingerprint density at radius 3 is 2.56 bits per heavy atom. The lowest BCUT2D eigenvalue weighted by atomic mass is 10.1. The highest BCUT2D eigenvalue weighted by molar-refractivity contribution is 7.99. The number of phenols is 2. The van der Waals surface area contributed by atoms with Crippen molar-refractivity contribution >= 4 is 17.7 Å². The Hall–Kier alpha value is -2.58. The zero-order valence-electron chi connectivity index (χ0n) is 15.0. The number of hydrogen-bond acceptors (Lipinski definition) is 7. The van der Waals surface area contributed by atoms with Gasteiger partial charge in [-0.2, -0.15) is 0 Å². The van der Waals surface area contributed by atoms with Crippen molar-refractivity contribution in [2.24, 2.45) is 0 Å². The molecule has 144 valence electrons. The van der Waals surface area contributed by atoms with Crippen LogP contribution in [0.5, 0.6) is 23.0 Å². The van der Waals surface area contributed by atoms with E-state index >= 15 is 0 Å². The van der Waals surface area contributed by atoms with E-state index in [1.165, 1.54) is 23.9 Å². The highest BCUT2D eigenvalue weighted by Crippen LogP contribution is 2.44. The second-order valence-electron chi connectivity index (χ2n) is 6.14. The smallest absolute Gasteiger partial charge is 0.321 e. The number of phenolic OH excluding ortho intramolecular Hbond substituents is 2. The van der Waals surface area contributed by atoms with Gasteiger partial charge in [-0.15, -0.1) is 11.8 Å². The Balaban J connectivity index is 1.95. The molecule has 1 heterocycles. The maximum Gasteiger partial charge on any atom is 0.321 e. The molecule has 0 bridgehead atoms. The van der Waals surface area contributed by atoms with E-state index in [2.05, 4.69) is 0 Å². The number of benzene rings is 2. The SMILES string of the molecule is COc1ccc(CN2C(C(=O)O)CSC2c2ccc(O)c(O)c2)c(OC)c1. The highest BCUT2D eigenvalue weighted by Gasteiger charge is 2.39. The summed E-state index contributed by atoms with van der Waals surface area (Å²) in [5.74, 6) is 0.346. The number of carboxylic acids is 1. The standard InChI is InChI=1S/C19H21NO6S/c1-25-13-5-3-12(17(8-13)26-2)9-20-14(19(23)24)10-27-18(20)11-4-6-15(21)16(22)7-11/h3-8,14,18,21-22H,9-10H2,1-2H3,(H,23,24). The van der Waals surface area contributed by atoms with Crippen molar-refractivity contribution < 1.29 is 29.6 Å². The first kappa shape index (κ1) is 19.2. The zero-order valence-corrected chi connectivity index (χ0v) is 15.8. The summed E-state index contributed by atoms with van der Waals surface area (Å²) < 4.78 is 10.6. The van der Waals surface area contributed by atoms with E-state index in [-0.39, 0.29) is 16.9 Å². The van der Waals surface area contributed by atoms with Gasteiger partial charge in [-0.25, -0.2) is 0 Å². The van der Waals surface area contributed by atoms with Crippen LogP contribution in [0.25, 0.3) is 0 Å². The normalized spacial score (nSPS) is 19.8. The van der Waals surface area contributed by atoms with E-state index in [0.29, 0.717) is 23.8 Å². The number of nitrogens with zero attached hydrogens (tertiary/aromatic N) is 1. The van der Waals surface area contributed by atoms with Gasteiger partial charge in [0.2, 0.25) is 0 Å². The summed E-state index contributed by atoms with van der Waals surface area (Å²) in [7, 11) is 3.13. The van der Waals surface area contributed by atoms with Gasteiger partial charge in [-0.05, 0) is 23.8 Å². The molecule has 1 fully saturated rings. The van der Waals surface area contributed by atoms with Crippen LogP contribution in [0.2, 0.25) is 0 Å². The number of carbonyl (C=O) groups is 1. The van der Waals surface area contributed by atoms with Crippen LogP contribution in [0.3, 0.4) is 0 Å². The molecule has 3 N–H and O–H groups in total. The molecule has 3 rings (SSSR count). The molecule has 2 aromatic carbocycles. The Kier molecular flexibility index (Phi) is 5.67. The van der Waals surface area contributed by atoms with E-state index in [1.807, 2.05) is 11.0 Å². The van der Waals surface area contributed by atoms with Gasteiger partial charge in [-0.3, -0.25) is 9.69 Å². The zero-order chi connectivity index (χ0) is 19.6. The van der Waals surface area contributed by atoms with Crippen LogP contribution in [0.4, 0.5) is 0 Å². The number of thioether (sulfide) groups is 1. The predicted molar refractivity (Wildman–Crippen MR) is 101 cm³/mol. The van der Waals surface area contributed by atoms with Crippen LogP contribution in [0, 0.1) is 0 Å². The van der Waals surface area contributed by atoms with Crippen molar-refractivity contribution in [2.45, 2.75) is 18.0 Å². The molecule has 2 atom stereocenters. The van der Waals surface area contributed by atoms with E-state index in [0.717, 1.165) is 11.1 Å². The van der Waals surface area contributed by atoms with Crippen molar-refractivity contribution in [3.63, 3.8) is 0 Å². The van der Waals surface area contributed by atoms with Crippen LogP contribution in [0.1, 0.15) is 16.5 Å². The number of aromatic hydroxyl groups is 2. The third-order valence-electron chi connectivity index (χ3n) is 4.53. The summed E-state index contributed by atoms with van der Waals surface area (Å²) in [5, 5.41) is 28.7. The lowest BCUT2D eigenvalue weighted by Crippen LogP contribution is -2.38. The van der Waals surface area contributed by atoms with E-state index in [9.17, 15) is 20.1 Å². The Morgan fingerprint density at radius 2 is 1.93 bits per heavy atom. The van der Waals surface area contributed by atoms with Gasteiger partial charge >= 0.3 is 5.97 Å². The quantitative estimate of drug-likeness (QED) is 0.647. The molecule has 0 spiro atoms. The fourth-order valence-corrected chi connectivity index (χ4v) is 4.56. The second-order valence-corrected chi connectivity index (χ2v) is 7.25. The topological polar surface area (TPSA) is 99.5 Å². The van der Waals surface area contributed by atoms with Crippen molar-refractivity contribution in [1.29, 1.82) is 0 Å². The largest absolute Gasteiger partial charge is 0.504 e. The van der Waals surface area contributed by atoms with Crippen molar-refractivity contribution in [1.82, 2.24) is 4.90 Å². The molecule has 1 saturated heterocycles. The van der Waals surface area contributed by atoms with Crippen molar-refractivity contribution in [3.8, 4) is 23.0 Å². The molecule has 8 heteroatoms. The molecule has 0 amide bonds. The average molecular weight is 391 g/mol. The first-order chi connectivity index (χ1) is 12.9. The lowest BCUT2D eigenvalue weighted by molar-refractivity contribution is -0.142. The minimum atomic E-state index is -0.902. The first-order valence-corrected chi connectivity index (χ1v) is 9.32. The van der Waals surface area contributed by atoms with Crippen LogP contribution < -0.4 is 9.47 Å². The Bertz CT molecular complexity index is 843. The highest BCUT2D eigenvalue weighted by atomic mass is 32.2. The molecule has 1 aliphatic rings. The van der Waals surface area contributed by atoms with Crippen molar-refractivity contribution in [2.75, 3.05) is 20.0 Å². The minimum Gasteiger partial charge on any atom is -0.504 e. The molecule has 0 saturated carbocycles. The van der Waals surface area contributed by atoms with E-state index in [1.54, 1.807) is 32.4 Å². The number of hydrogen-bond donors (Lipinski definition) is 3. The number of ether oxygens (including phenoxy) is 2. The van der Waals surface area contributed by atoms with Crippen LogP contribution in [-0.2, 0) is 11.3 Å². The molecule has 0 radical (unpaired) electrons. The number of carboxylic acid groups (broad SMARTS) is 1. The first-order valence-electron chi connectivity index (χ1n) is 8.27. The maximum absolute atomic E-state index is 11.8. The minimum absolute atomic E-state index is 0.208. The van der Waals surface area contributed by atoms with Gasteiger partial charge in [0.25, 0.3) is 0 Å².